The number of anilines is 1. The summed E-state index contributed by atoms with van der Waals surface area (Å²) < 4.78 is 30.9. The molecule has 1 atom stereocenters. The number of aromatic nitrogens is 1. The van der Waals surface area contributed by atoms with Gasteiger partial charge in [0.25, 0.3) is 5.91 Å². The molecule has 8 heteroatoms. The molecular formula is C21H21FN2O4S. The predicted octanol–water partition coefficient (Wildman–Crippen LogP) is 4.04. The number of carbonyl (C=O) groups excluding carboxylic acids is 1. The molecule has 2 aromatic carbocycles. The van der Waals surface area contributed by atoms with Crippen LogP contribution in [-0.4, -0.2) is 43.9 Å². The zero-order chi connectivity index (χ0) is 20.2. The lowest BCUT2D eigenvalue weighted by Crippen LogP contribution is -2.40. The van der Waals surface area contributed by atoms with Crippen molar-refractivity contribution in [3.05, 3.63) is 48.3 Å². The number of hydrogen-bond donors (Lipinski definition) is 0. The van der Waals surface area contributed by atoms with Gasteiger partial charge < -0.3 is 14.2 Å². The van der Waals surface area contributed by atoms with Gasteiger partial charge in [0.15, 0.2) is 23.2 Å². The van der Waals surface area contributed by atoms with E-state index in [4.69, 9.17) is 14.2 Å². The number of thiazole rings is 1. The summed E-state index contributed by atoms with van der Waals surface area (Å²) >= 11 is 1.28. The zero-order valence-corrected chi connectivity index (χ0v) is 16.8. The Bertz CT molecular complexity index is 1000. The highest BCUT2D eigenvalue weighted by molar-refractivity contribution is 7.22. The van der Waals surface area contributed by atoms with Crippen LogP contribution in [-0.2, 0) is 9.53 Å². The molecule has 0 spiro atoms. The number of rotatable bonds is 7. The molecule has 1 fully saturated rings. The van der Waals surface area contributed by atoms with Gasteiger partial charge in [-0.05, 0) is 43.2 Å². The third-order valence-corrected chi connectivity index (χ3v) is 5.74. The van der Waals surface area contributed by atoms with Crippen LogP contribution in [0.1, 0.15) is 12.8 Å². The molecule has 0 bridgehead atoms. The number of halogens is 1. The second-order valence-corrected chi connectivity index (χ2v) is 7.70. The summed E-state index contributed by atoms with van der Waals surface area (Å²) in [4.78, 5) is 19.1. The summed E-state index contributed by atoms with van der Waals surface area (Å²) in [5.41, 5.74) is 0.655. The summed E-state index contributed by atoms with van der Waals surface area (Å²) in [5, 5.41) is 0.509. The standard InChI is InChI=1S/C21H21FN2O4S/c1-26-17-6-2-3-7-18(17)28-13-20(25)24(12-15-5-4-10-27-15)21-23-16-9-8-14(22)11-19(16)29-21/h2-3,6-9,11,15H,4-5,10,12-13H2,1H3. The first-order chi connectivity index (χ1) is 14.1. The minimum absolute atomic E-state index is 0.0473. The van der Waals surface area contributed by atoms with Crippen molar-refractivity contribution in [2.75, 3.05) is 31.8 Å². The molecule has 1 unspecified atom stereocenters. The third-order valence-electron chi connectivity index (χ3n) is 4.70. The van der Waals surface area contributed by atoms with Gasteiger partial charge in [0.1, 0.15) is 5.82 Å². The fourth-order valence-electron chi connectivity index (χ4n) is 3.24. The van der Waals surface area contributed by atoms with Crippen molar-refractivity contribution in [2.24, 2.45) is 0 Å². The highest BCUT2D eigenvalue weighted by Crippen LogP contribution is 2.31. The average Bonchev–Trinajstić information content (AvgIpc) is 3.39. The maximum atomic E-state index is 13.6. The average molecular weight is 416 g/mol. The fraction of sp³-hybridized carbons (Fsp3) is 0.333. The van der Waals surface area contributed by atoms with Crippen LogP contribution in [0.5, 0.6) is 11.5 Å². The van der Waals surface area contributed by atoms with E-state index in [2.05, 4.69) is 4.98 Å². The van der Waals surface area contributed by atoms with E-state index in [1.807, 2.05) is 12.1 Å². The summed E-state index contributed by atoms with van der Waals surface area (Å²) in [6, 6.07) is 11.6. The molecule has 0 N–H and O–H groups in total. The van der Waals surface area contributed by atoms with Crippen LogP contribution in [0.4, 0.5) is 9.52 Å². The van der Waals surface area contributed by atoms with Crippen molar-refractivity contribution in [3.63, 3.8) is 0 Å². The van der Waals surface area contributed by atoms with Gasteiger partial charge in [-0.1, -0.05) is 23.5 Å². The fourth-order valence-corrected chi connectivity index (χ4v) is 4.25. The Labute approximate surface area is 171 Å². The minimum Gasteiger partial charge on any atom is -0.493 e. The van der Waals surface area contributed by atoms with E-state index in [0.29, 0.717) is 40.0 Å². The Hall–Kier alpha value is -2.71. The lowest BCUT2D eigenvalue weighted by atomic mass is 10.2. The molecule has 1 aromatic heterocycles. The summed E-state index contributed by atoms with van der Waals surface area (Å²) in [6.07, 6.45) is 1.81. The normalized spacial score (nSPS) is 16.1. The largest absolute Gasteiger partial charge is 0.493 e. The molecule has 1 aliphatic rings. The van der Waals surface area contributed by atoms with Crippen LogP contribution in [0.15, 0.2) is 42.5 Å². The molecular weight excluding hydrogens is 395 g/mol. The third kappa shape index (κ3) is 4.49. The van der Waals surface area contributed by atoms with Crippen LogP contribution in [0.2, 0.25) is 0 Å². The number of benzene rings is 2. The highest BCUT2D eigenvalue weighted by atomic mass is 32.1. The van der Waals surface area contributed by atoms with E-state index in [1.54, 1.807) is 30.2 Å². The molecule has 152 valence electrons. The second-order valence-electron chi connectivity index (χ2n) is 6.69. The number of amides is 1. The summed E-state index contributed by atoms with van der Waals surface area (Å²) in [7, 11) is 1.55. The van der Waals surface area contributed by atoms with Gasteiger partial charge in [0.05, 0.1) is 30.0 Å². The maximum Gasteiger partial charge on any atom is 0.266 e. The van der Waals surface area contributed by atoms with Crippen molar-refractivity contribution >= 4 is 32.6 Å². The first kappa shape index (κ1) is 19.6. The molecule has 0 radical (unpaired) electrons. The van der Waals surface area contributed by atoms with E-state index in [-0.39, 0.29) is 24.4 Å². The Morgan fingerprint density at radius 1 is 1.31 bits per heavy atom. The lowest BCUT2D eigenvalue weighted by Gasteiger charge is -2.23. The number of nitrogens with zero attached hydrogens (tertiary/aromatic N) is 2. The monoisotopic (exact) mass is 416 g/mol. The Kier molecular flexibility index (Phi) is 5.92. The van der Waals surface area contributed by atoms with Crippen LogP contribution in [0.3, 0.4) is 0 Å². The zero-order valence-electron chi connectivity index (χ0n) is 16.0. The molecule has 3 aromatic rings. The van der Waals surface area contributed by atoms with Crippen LogP contribution in [0, 0.1) is 5.82 Å². The number of carbonyl (C=O) groups is 1. The van der Waals surface area contributed by atoms with Gasteiger partial charge in [0, 0.05) is 6.61 Å². The van der Waals surface area contributed by atoms with Gasteiger partial charge in [0.2, 0.25) is 0 Å². The maximum absolute atomic E-state index is 13.6. The lowest BCUT2D eigenvalue weighted by molar-refractivity contribution is -0.121. The highest BCUT2D eigenvalue weighted by Gasteiger charge is 2.26. The number of methoxy groups -OCH3 is 1. The quantitative estimate of drug-likeness (QED) is 0.582. The van der Waals surface area contributed by atoms with Crippen molar-refractivity contribution in [2.45, 2.75) is 18.9 Å². The first-order valence-corrected chi connectivity index (χ1v) is 10.2. The predicted molar refractivity (Wildman–Crippen MR) is 109 cm³/mol. The summed E-state index contributed by atoms with van der Waals surface area (Å²) in [5.74, 6) is 0.475. The molecule has 2 heterocycles. The number of ether oxygens (including phenoxy) is 3. The number of fused-ring (bicyclic) bond motifs is 1. The van der Waals surface area contributed by atoms with Crippen molar-refractivity contribution in [1.29, 1.82) is 0 Å². The van der Waals surface area contributed by atoms with Crippen molar-refractivity contribution in [1.82, 2.24) is 4.98 Å². The smallest absolute Gasteiger partial charge is 0.266 e. The van der Waals surface area contributed by atoms with Crippen molar-refractivity contribution < 1.29 is 23.4 Å². The van der Waals surface area contributed by atoms with Gasteiger partial charge in [-0.2, -0.15) is 0 Å². The Balaban J connectivity index is 1.56. The number of hydrogen-bond acceptors (Lipinski definition) is 6. The van der Waals surface area contributed by atoms with Gasteiger partial charge in [-0.15, -0.1) is 0 Å². The van der Waals surface area contributed by atoms with Crippen LogP contribution < -0.4 is 14.4 Å². The SMILES string of the molecule is COc1ccccc1OCC(=O)N(CC1CCCO1)c1nc2ccc(F)cc2s1. The second kappa shape index (κ2) is 8.75. The van der Waals surface area contributed by atoms with Gasteiger partial charge >= 0.3 is 0 Å². The Morgan fingerprint density at radius 2 is 2.14 bits per heavy atom. The molecule has 6 nitrogen and oxygen atoms in total. The molecule has 29 heavy (non-hydrogen) atoms. The topological polar surface area (TPSA) is 60.9 Å². The van der Waals surface area contributed by atoms with E-state index < -0.39 is 0 Å². The summed E-state index contributed by atoms with van der Waals surface area (Å²) in [6.45, 7) is 0.906. The molecule has 1 aliphatic heterocycles. The minimum atomic E-state index is -0.329. The van der Waals surface area contributed by atoms with Gasteiger partial charge in [-0.25, -0.2) is 9.37 Å². The number of para-hydroxylation sites is 2. The molecule has 1 saturated heterocycles. The Morgan fingerprint density at radius 3 is 2.90 bits per heavy atom. The van der Waals surface area contributed by atoms with Gasteiger partial charge in [-0.3, -0.25) is 9.69 Å². The van der Waals surface area contributed by atoms with Crippen molar-refractivity contribution in [3.8, 4) is 11.5 Å². The molecule has 4 rings (SSSR count). The van der Waals surface area contributed by atoms with Crippen LogP contribution in [0.25, 0.3) is 10.2 Å². The molecule has 1 amide bonds. The van der Waals surface area contributed by atoms with E-state index in [9.17, 15) is 9.18 Å². The van der Waals surface area contributed by atoms with Crippen LogP contribution >= 0.6 is 11.3 Å². The van der Waals surface area contributed by atoms with E-state index in [1.165, 1.54) is 23.5 Å². The molecule has 0 aliphatic carbocycles. The molecule has 0 saturated carbocycles. The van der Waals surface area contributed by atoms with E-state index in [0.717, 1.165) is 12.8 Å². The first-order valence-electron chi connectivity index (χ1n) is 9.38. The van der Waals surface area contributed by atoms with E-state index >= 15 is 0 Å².